The zero-order valence-electron chi connectivity index (χ0n) is 22.3. The van der Waals surface area contributed by atoms with Crippen LogP contribution in [0.25, 0.3) is 16.5 Å². The van der Waals surface area contributed by atoms with Gasteiger partial charge in [0.25, 0.3) is 5.91 Å². The average Bonchev–Trinajstić information content (AvgIpc) is 3.49. The van der Waals surface area contributed by atoms with Gasteiger partial charge in [-0.2, -0.15) is 0 Å². The van der Waals surface area contributed by atoms with Crippen molar-refractivity contribution in [3.8, 4) is 5.75 Å². The number of carbonyl (C=O) groups excluding carboxylic acids is 1. The van der Waals surface area contributed by atoms with Crippen molar-refractivity contribution in [3.05, 3.63) is 131 Å². The summed E-state index contributed by atoms with van der Waals surface area (Å²) in [6.07, 6.45) is 5.75. The molecule has 1 aliphatic carbocycles. The number of nitrogen functional groups attached to an aromatic ring is 1. The van der Waals surface area contributed by atoms with Crippen LogP contribution >= 0.6 is 11.6 Å². The molecule has 42 heavy (non-hydrogen) atoms. The Morgan fingerprint density at radius 3 is 2.69 bits per heavy atom. The second kappa shape index (κ2) is 11.7. The molecule has 4 aromatic carbocycles. The van der Waals surface area contributed by atoms with Crippen LogP contribution in [0.2, 0.25) is 5.02 Å². The number of nitrogens with two attached hydrogens (primary N) is 1. The van der Waals surface area contributed by atoms with Crippen LogP contribution in [0, 0.1) is 5.82 Å². The molecule has 7 nitrogen and oxygen atoms in total. The fourth-order valence-corrected chi connectivity index (χ4v) is 4.90. The van der Waals surface area contributed by atoms with Gasteiger partial charge in [-0.05, 0) is 71.3 Å². The number of anilines is 4. The Balaban J connectivity index is 1.16. The molecule has 0 fully saturated rings. The van der Waals surface area contributed by atoms with E-state index in [4.69, 9.17) is 22.1 Å². The SMILES string of the molecule is Nc1ccccc1NC(=O)C1=CC=C(c2ccc3ncnc(Nc4ccc(OCc5cccc(F)c5)c(Cl)c4)c3c2)C1. The van der Waals surface area contributed by atoms with Crippen LogP contribution in [0.3, 0.4) is 0 Å². The van der Waals surface area contributed by atoms with Crippen molar-refractivity contribution in [3.63, 3.8) is 0 Å². The third-order valence-corrected chi connectivity index (χ3v) is 7.15. The highest BCUT2D eigenvalue weighted by molar-refractivity contribution is 6.32. The smallest absolute Gasteiger partial charge is 0.251 e. The third kappa shape index (κ3) is 5.94. The first kappa shape index (κ1) is 27.0. The van der Waals surface area contributed by atoms with Crippen LogP contribution in [0.5, 0.6) is 5.75 Å². The number of hydrogen-bond donors (Lipinski definition) is 3. The van der Waals surface area contributed by atoms with Gasteiger partial charge >= 0.3 is 0 Å². The molecule has 5 aromatic rings. The van der Waals surface area contributed by atoms with E-state index in [1.54, 1.807) is 36.4 Å². The molecule has 208 valence electrons. The lowest BCUT2D eigenvalue weighted by Gasteiger charge is -2.13. The van der Waals surface area contributed by atoms with Crippen LogP contribution in [-0.2, 0) is 11.4 Å². The number of aromatic nitrogens is 2. The second-order valence-electron chi connectivity index (χ2n) is 9.74. The molecule has 0 radical (unpaired) electrons. The van der Waals surface area contributed by atoms with Gasteiger partial charge in [0.15, 0.2) is 0 Å². The van der Waals surface area contributed by atoms with Crippen molar-refractivity contribution in [2.24, 2.45) is 0 Å². The number of halogens is 2. The number of para-hydroxylation sites is 2. The van der Waals surface area contributed by atoms with Gasteiger partial charge < -0.3 is 21.1 Å². The molecule has 1 heterocycles. The summed E-state index contributed by atoms with van der Waals surface area (Å²) in [5.41, 5.74) is 11.9. The Morgan fingerprint density at radius 2 is 1.86 bits per heavy atom. The van der Waals surface area contributed by atoms with Crippen LogP contribution < -0.4 is 21.1 Å². The number of rotatable bonds is 8. The number of carbonyl (C=O) groups is 1. The molecule has 1 amide bonds. The van der Waals surface area contributed by atoms with Crippen LogP contribution in [0.15, 0.2) is 109 Å². The molecule has 0 spiro atoms. The van der Waals surface area contributed by atoms with Gasteiger partial charge in [-0.3, -0.25) is 4.79 Å². The van der Waals surface area contributed by atoms with Crippen molar-refractivity contribution >= 4 is 56.9 Å². The van der Waals surface area contributed by atoms with E-state index >= 15 is 0 Å². The van der Waals surface area contributed by atoms with E-state index in [2.05, 4.69) is 20.6 Å². The zero-order valence-corrected chi connectivity index (χ0v) is 23.0. The molecule has 0 saturated heterocycles. The average molecular weight is 578 g/mol. The Bertz CT molecular complexity index is 1890. The molecule has 0 saturated carbocycles. The quantitative estimate of drug-likeness (QED) is 0.163. The van der Waals surface area contributed by atoms with E-state index in [9.17, 15) is 9.18 Å². The van der Waals surface area contributed by atoms with Gasteiger partial charge in [0.1, 0.15) is 30.3 Å². The lowest BCUT2D eigenvalue weighted by molar-refractivity contribution is -0.112. The zero-order chi connectivity index (χ0) is 29.1. The molecule has 9 heteroatoms. The highest BCUT2D eigenvalue weighted by atomic mass is 35.5. The van der Waals surface area contributed by atoms with E-state index in [0.717, 1.165) is 22.0 Å². The minimum absolute atomic E-state index is 0.189. The predicted molar refractivity (Wildman–Crippen MR) is 165 cm³/mol. The van der Waals surface area contributed by atoms with Gasteiger partial charge in [0.2, 0.25) is 0 Å². The topological polar surface area (TPSA) is 102 Å². The summed E-state index contributed by atoms with van der Waals surface area (Å²) in [7, 11) is 0. The minimum atomic E-state index is -0.318. The monoisotopic (exact) mass is 577 g/mol. The first-order valence-electron chi connectivity index (χ1n) is 13.2. The third-order valence-electron chi connectivity index (χ3n) is 6.85. The Morgan fingerprint density at radius 1 is 0.976 bits per heavy atom. The van der Waals surface area contributed by atoms with Gasteiger partial charge in [-0.1, -0.05) is 54.1 Å². The molecule has 0 atom stereocenters. The number of benzene rings is 4. The van der Waals surface area contributed by atoms with Crippen molar-refractivity contribution in [2.45, 2.75) is 13.0 Å². The van der Waals surface area contributed by atoms with E-state index in [0.29, 0.717) is 51.2 Å². The molecule has 1 aromatic heterocycles. The summed E-state index contributed by atoms with van der Waals surface area (Å²) in [4.78, 5) is 21.7. The number of allylic oxidation sites excluding steroid dienone is 3. The molecule has 4 N–H and O–H groups in total. The van der Waals surface area contributed by atoms with Gasteiger partial charge in [-0.15, -0.1) is 0 Å². The van der Waals surface area contributed by atoms with Crippen LogP contribution in [-0.4, -0.2) is 15.9 Å². The van der Waals surface area contributed by atoms with Gasteiger partial charge in [0, 0.05) is 23.1 Å². The number of hydrogen-bond acceptors (Lipinski definition) is 6. The highest BCUT2D eigenvalue weighted by Gasteiger charge is 2.18. The van der Waals surface area contributed by atoms with E-state index in [1.165, 1.54) is 18.5 Å². The number of nitrogens with one attached hydrogen (secondary N) is 2. The summed E-state index contributed by atoms with van der Waals surface area (Å²) in [5.74, 6) is 0.583. The predicted octanol–water partition coefficient (Wildman–Crippen LogP) is 7.68. The Hall–Kier alpha value is -5.21. The Kier molecular flexibility index (Phi) is 7.53. The van der Waals surface area contributed by atoms with E-state index < -0.39 is 0 Å². The summed E-state index contributed by atoms with van der Waals surface area (Å²) >= 11 is 6.50. The molecule has 1 aliphatic rings. The van der Waals surface area contributed by atoms with Crippen molar-refractivity contribution in [1.82, 2.24) is 9.97 Å². The molecule has 0 aliphatic heterocycles. The first-order valence-corrected chi connectivity index (χ1v) is 13.6. The second-order valence-corrected chi connectivity index (χ2v) is 10.2. The Labute approximate surface area is 246 Å². The number of ether oxygens (including phenoxy) is 1. The lowest BCUT2D eigenvalue weighted by atomic mass is 10.0. The highest BCUT2D eigenvalue weighted by Crippen LogP contribution is 2.34. The van der Waals surface area contributed by atoms with Gasteiger partial charge in [-0.25, -0.2) is 14.4 Å². The van der Waals surface area contributed by atoms with Gasteiger partial charge in [0.05, 0.1) is 21.9 Å². The number of fused-ring (bicyclic) bond motifs is 1. The van der Waals surface area contributed by atoms with Crippen molar-refractivity contribution in [2.75, 3.05) is 16.4 Å². The minimum Gasteiger partial charge on any atom is -0.487 e. The molecule has 0 bridgehead atoms. The standard InChI is InChI=1S/C33H25ClFN5O2/c34-27-17-25(11-13-31(27)42-18-20-4-3-5-24(35)14-20)39-32-26-16-22(10-12-29(26)37-19-38-32)21-8-9-23(15-21)33(41)40-30-7-2-1-6-28(30)36/h1-14,16-17,19H,15,18,36H2,(H,40,41)(H,37,38,39). The number of nitrogens with zero attached hydrogens (tertiary/aromatic N) is 2. The van der Waals surface area contributed by atoms with E-state index in [1.807, 2.05) is 48.6 Å². The van der Waals surface area contributed by atoms with Crippen LogP contribution in [0.1, 0.15) is 17.5 Å². The maximum absolute atomic E-state index is 13.5. The maximum atomic E-state index is 13.5. The number of amides is 1. The molecule has 0 unspecified atom stereocenters. The summed E-state index contributed by atoms with van der Waals surface area (Å²) in [5, 5.41) is 7.43. The molecule has 6 rings (SSSR count). The van der Waals surface area contributed by atoms with E-state index in [-0.39, 0.29) is 18.3 Å². The van der Waals surface area contributed by atoms with Crippen LogP contribution in [0.4, 0.5) is 27.3 Å². The van der Waals surface area contributed by atoms with Crippen molar-refractivity contribution in [1.29, 1.82) is 0 Å². The summed E-state index contributed by atoms with van der Waals surface area (Å²) in [6.45, 7) is 0.192. The summed E-state index contributed by atoms with van der Waals surface area (Å²) < 4.78 is 19.3. The molecular formula is C33H25ClFN5O2. The fourth-order valence-electron chi connectivity index (χ4n) is 4.67. The lowest BCUT2D eigenvalue weighted by Crippen LogP contribution is -2.14. The fraction of sp³-hybridized carbons (Fsp3) is 0.0606. The normalized spacial score (nSPS) is 12.5. The largest absolute Gasteiger partial charge is 0.487 e. The van der Waals surface area contributed by atoms with Crippen molar-refractivity contribution < 1.29 is 13.9 Å². The first-order chi connectivity index (χ1) is 20.4. The molecular weight excluding hydrogens is 553 g/mol. The maximum Gasteiger partial charge on any atom is 0.251 e. The summed E-state index contributed by atoms with van der Waals surface area (Å²) in [6, 6.07) is 24.6.